The molecule has 0 aliphatic carbocycles. The molecule has 0 spiro atoms. The fraction of sp³-hybridized carbons (Fsp3) is 0.429. The molecule has 1 fully saturated rings. The maximum atomic E-state index is 13.0. The largest absolute Gasteiger partial charge is 0.406 e. The highest BCUT2D eigenvalue weighted by Gasteiger charge is 2.32. The van der Waals surface area contributed by atoms with E-state index in [4.69, 9.17) is 16.3 Å². The monoisotopic (exact) mass is 425 g/mol. The third kappa shape index (κ3) is 3.52. The second-order valence-corrected chi connectivity index (χ2v) is 6.59. The number of aromatic nitrogens is 2. The van der Waals surface area contributed by atoms with Crippen molar-refractivity contribution in [3.8, 4) is 0 Å². The van der Waals surface area contributed by atoms with Gasteiger partial charge in [-0.1, -0.05) is 11.6 Å². The van der Waals surface area contributed by atoms with Crippen molar-refractivity contribution in [3.63, 3.8) is 0 Å². The first-order valence-electron chi connectivity index (χ1n) is 7.05. The van der Waals surface area contributed by atoms with Crippen molar-refractivity contribution < 1.29 is 17.9 Å². The number of fused-ring (bicyclic) bond motifs is 1. The van der Waals surface area contributed by atoms with Gasteiger partial charge in [0.15, 0.2) is 0 Å². The van der Waals surface area contributed by atoms with Gasteiger partial charge in [-0.25, -0.2) is 4.98 Å². The van der Waals surface area contributed by atoms with Crippen LogP contribution in [0.3, 0.4) is 0 Å². The van der Waals surface area contributed by atoms with Crippen LogP contribution in [0.5, 0.6) is 0 Å². The average molecular weight is 427 g/mol. The van der Waals surface area contributed by atoms with Gasteiger partial charge in [-0.05, 0) is 28.1 Å². The lowest BCUT2D eigenvalue weighted by Gasteiger charge is -2.30. The molecular weight excluding hydrogens is 415 g/mol. The fourth-order valence-electron chi connectivity index (χ4n) is 2.57. The van der Waals surface area contributed by atoms with Gasteiger partial charge in [0.1, 0.15) is 6.54 Å². The zero-order chi connectivity index (χ0) is 17.5. The molecule has 0 saturated carbocycles. The highest BCUT2D eigenvalue weighted by molar-refractivity contribution is 9.10. The molecule has 5 nitrogen and oxygen atoms in total. The Hall–Kier alpha value is -1.32. The summed E-state index contributed by atoms with van der Waals surface area (Å²) in [5, 5.41) is 0.279. The van der Waals surface area contributed by atoms with Crippen LogP contribution in [0.25, 0.3) is 10.9 Å². The van der Waals surface area contributed by atoms with Crippen molar-refractivity contribution in [3.05, 3.63) is 32.0 Å². The molecule has 1 saturated heterocycles. The normalized spacial score (nSPS) is 16.0. The molecule has 2 heterocycles. The minimum atomic E-state index is -4.55. The number of hydrogen-bond donors (Lipinski definition) is 0. The summed E-state index contributed by atoms with van der Waals surface area (Å²) in [6.45, 7) is 0.0387. The predicted octanol–water partition coefficient (Wildman–Crippen LogP) is 3.21. The first-order chi connectivity index (χ1) is 11.3. The van der Waals surface area contributed by atoms with E-state index < -0.39 is 18.3 Å². The Morgan fingerprint density at radius 1 is 1.29 bits per heavy atom. The van der Waals surface area contributed by atoms with Gasteiger partial charge in [-0.3, -0.25) is 9.36 Å². The number of nitrogens with zero attached hydrogens (tertiary/aromatic N) is 3. The van der Waals surface area contributed by atoms with Crippen molar-refractivity contribution in [1.29, 1.82) is 0 Å². The summed E-state index contributed by atoms with van der Waals surface area (Å²) >= 11 is 9.18. The van der Waals surface area contributed by atoms with E-state index in [1.807, 2.05) is 0 Å². The van der Waals surface area contributed by atoms with E-state index in [2.05, 4.69) is 20.9 Å². The van der Waals surface area contributed by atoms with Crippen molar-refractivity contribution in [2.24, 2.45) is 0 Å². The van der Waals surface area contributed by atoms with E-state index in [1.165, 1.54) is 6.07 Å². The first kappa shape index (κ1) is 17.5. The second-order valence-electron chi connectivity index (χ2n) is 5.30. The van der Waals surface area contributed by atoms with Crippen molar-refractivity contribution in [2.75, 3.05) is 31.2 Å². The van der Waals surface area contributed by atoms with Gasteiger partial charge in [0, 0.05) is 22.6 Å². The van der Waals surface area contributed by atoms with E-state index in [-0.39, 0.29) is 21.9 Å². The Balaban J connectivity index is 2.26. The summed E-state index contributed by atoms with van der Waals surface area (Å²) in [4.78, 5) is 18.6. The van der Waals surface area contributed by atoms with Crippen LogP contribution in [0.4, 0.5) is 19.1 Å². The van der Waals surface area contributed by atoms with Crippen molar-refractivity contribution in [1.82, 2.24) is 9.55 Å². The van der Waals surface area contributed by atoms with Gasteiger partial charge < -0.3 is 9.64 Å². The minimum Gasteiger partial charge on any atom is -0.378 e. The molecule has 3 rings (SSSR count). The van der Waals surface area contributed by atoms with Crippen LogP contribution in [0, 0.1) is 0 Å². The molecule has 0 atom stereocenters. The molecule has 10 heteroatoms. The van der Waals surface area contributed by atoms with E-state index in [1.54, 1.807) is 11.0 Å². The summed E-state index contributed by atoms with van der Waals surface area (Å²) in [6, 6.07) is 2.88. The molecule has 0 bridgehead atoms. The van der Waals surface area contributed by atoms with Crippen LogP contribution in [0.2, 0.25) is 5.02 Å². The topological polar surface area (TPSA) is 47.4 Å². The van der Waals surface area contributed by atoms with Crippen LogP contribution < -0.4 is 10.5 Å². The van der Waals surface area contributed by atoms with Crippen LogP contribution >= 0.6 is 27.5 Å². The number of rotatable bonds is 2. The summed E-state index contributed by atoms with van der Waals surface area (Å²) < 4.78 is 45.2. The lowest BCUT2D eigenvalue weighted by Crippen LogP contribution is -2.42. The Morgan fingerprint density at radius 3 is 2.58 bits per heavy atom. The zero-order valence-electron chi connectivity index (χ0n) is 12.2. The molecular formula is C14H12BrClF3N3O2. The molecule has 2 aromatic rings. The quantitative estimate of drug-likeness (QED) is 0.740. The lowest BCUT2D eigenvalue weighted by molar-refractivity contribution is -0.141. The molecule has 0 unspecified atom stereocenters. The molecule has 1 aromatic heterocycles. The Kier molecular flexibility index (Phi) is 4.76. The smallest absolute Gasteiger partial charge is 0.378 e. The number of alkyl halides is 3. The third-order valence-electron chi connectivity index (χ3n) is 3.59. The average Bonchev–Trinajstić information content (AvgIpc) is 2.50. The summed E-state index contributed by atoms with van der Waals surface area (Å²) in [5.74, 6) is -0.0175. The van der Waals surface area contributed by atoms with E-state index in [0.717, 1.165) is 0 Å². The predicted molar refractivity (Wildman–Crippen MR) is 87.8 cm³/mol. The third-order valence-corrected chi connectivity index (χ3v) is 4.41. The SMILES string of the molecule is O=c1c2cc(Cl)cc(Br)c2nc(N2CCOCC2)n1CC(F)(F)F. The maximum absolute atomic E-state index is 13.0. The molecule has 0 amide bonds. The van der Waals surface area contributed by atoms with Crippen LogP contribution in [0.15, 0.2) is 21.4 Å². The number of benzene rings is 1. The highest BCUT2D eigenvalue weighted by Crippen LogP contribution is 2.28. The lowest BCUT2D eigenvalue weighted by atomic mass is 10.2. The summed E-state index contributed by atoms with van der Waals surface area (Å²) in [5.41, 5.74) is -0.494. The van der Waals surface area contributed by atoms with Gasteiger partial charge in [-0.15, -0.1) is 0 Å². The standard InChI is InChI=1S/C14H12BrClF3N3O2/c15-10-6-8(16)5-9-11(10)20-13(21-1-3-24-4-2-21)22(12(9)23)7-14(17,18)19/h5-6H,1-4,7H2. The molecule has 1 aliphatic heterocycles. The summed E-state index contributed by atoms with van der Waals surface area (Å²) in [6.07, 6.45) is -4.55. The number of ether oxygens (including phenoxy) is 1. The van der Waals surface area contributed by atoms with Gasteiger partial charge in [0.05, 0.1) is 24.1 Å². The highest BCUT2D eigenvalue weighted by atomic mass is 79.9. The minimum absolute atomic E-state index is 0.0175. The Labute approximate surface area is 148 Å². The first-order valence-corrected chi connectivity index (χ1v) is 8.22. The van der Waals surface area contributed by atoms with Crippen LogP contribution in [-0.4, -0.2) is 42.0 Å². The second kappa shape index (κ2) is 6.53. The van der Waals surface area contributed by atoms with Gasteiger partial charge in [0.2, 0.25) is 5.95 Å². The fourth-order valence-corrected chi connectivity index (χ4v) is 3.46. The number of hydrogen-bond acceptors (Lipinski definition) is 4. The number of morpholine rings is 1. The van der Waals surface area contributed by atoms with Crippen LogP contribution in [-0.2, 0) is 11.3 Å². The molecule has 0 N–H and O–H groups in total. The molecule has 130 valence electrons. The van der Waals surface area contributed by atoms with Crippen molar-refractivity contribution >= 4 is 44.4 Å². The number of halogens is 5. The molecule has 1 aliphatic rings. The van der Waals surface area contributed by atoms with Gasteiger partial charge >= 0.3 is 6.18 Å². The van der Waals surface area contributed by atoms with E-state index >= 15 is 0 Å². The Morgan fingerprint density at radius 2 is 1.96 bits per heavy atom. The maximum Gasteiger partial charge on any atom is 0.406 e. The molecule has 1 aromatic carbocycles. The van der Waals surface area contributed by atoms with E-state index in [0.29, 0.717) is 35.3 Å². The van der Waals surface area contributed by atoms with E-state index in [9.17, 15) is 18.0 Å². The molecule has 0 radical (unpaired) electrons. The molecule has 24 heavy (non-hydrogen) atoms. The zero-order valence-corrected chi connectivity index (χ0v) is 14.6. The van der Waals surface area contributed by atoms with Crippen molar-refractivity contribution in [2.45, 2.75) is 12.7 Å². The number of anilines is 1. The van der Waals surface area contributed by atoms with Crippen LogP contribution in [0.1, 0.15) is 0 Å². The summed E-state index contributed by atoms with van der Waals surface area (Å²) in [7, 11) is 0. The van der Waals surface area contributed by atoms with Gasteiger partial charge in [-0.2, -0.15) is 13.2 Å². The Bertz CT molecular complexity index is 835. The van der Waals surface area contributed by atoms with Gasteiger partial charge in [0.25, 0.3) is 5.56 Å².